The minimum absolute atomic E-state index is 0.201. The summed E-state index contributed by atoms with van der Waals surface area (Å²) in [6.07, 6.45) is 3.52. The van der Waals surface area contributed by atoms with Gasteiger partial charge in [-0.1, -0.05) is 19.6 Å². The second-order valence-corrected chi connectivity index (χ2v) is 1.58. The van der Waals surface area contributed by atoms with Gasteiger partial charge < -0.3 is 0 Å². The molecular weight excluding hydrogens is 150 g/mol. The molecule has 0 aliphatic rings. The molecule has 0 amide bonds. The lowest BCUT2D eigenvalue weighted by Crippen LogP contribution is -1.67. The Hall–Kier alpha value is -2.05. The van der Waals surface area contributed by atoms with E-state index in [1.54, 1.807) is 24.3 Å². The highest BCUT2D eigenvalue weighted by Crippen LogP contribution is 1.89. The molecule has 60 valence electrons. The molecule has 0 unspecified atom stereocenters. The normalized spacial score (nSPS) is 5.50. The van der Waals surface area contributed by atoms with Crippen molar-refractivity contribution in [2.24, 2.45) is 0 Å². The molecule has 12 heavy (non-hydrogen) atoms. The molecular formula is C9H9N3. The highest BCUT2D eigenvalue weighted by atomic mass is 14.3. The Bertz CT molecular complexity index is 252. The molecule has 0 radical (unpaired) electrons. The first-order chi connectivity index (χ1) is 5.76. The highest BCUT2D eigenvalue weighted by molar-refractivity contribution is 5.34. The van der Waals surface area contributed by atoms with Gasteiger partial charge >= 0.3 is 0 Å². The molecule has 0 aromatic rings. The van der Waals surface area contributed by atoms with Gasteiger partial charge in [-0.3, -0.25) is 0 Å². The molecule has 0 aliphatic carbocycles. The first-order valence-electron chi connectivity index (χ1n) is 3.27. The maximum Gasteiger partial charge on any atom is 0.125 e. The number of nitriles is 3. The monoisotopic (exact) mass is 159 g/mol. The standard InChI is InChI=1S/C6H6N2.C3H3N/c1-2-3-6(4-7)5-8;1-2-3-4/h3H,2H2,1H3;2H,1H2. The fourth-order valence-electron chi connectivity index (χ4n) is 0.320. The molecule has 0 bridgehead atoms. The van der Waals surface area contributed by atoms with Gasteiger partial charge in [0.2, 0.25) is 0 Å². The minimum Gasteiger partial charge on any atom is -0.193 e. The van der Waals surface area contributed by atoms with Crippen LogP contribution >= 0.6 is 0 Å². The Labute approximate surface area is 72.5 Å². The zero-order valence-electron chi connectivity index (χ0n) is 6.91. The van der Waals surface area contributed by atoms with Gasteiger partial charge in [0, 0.05) is 6.08 Å². The summed E-state index contributed by atoms with van der Waals surface area (Å²) in [6.45, 7) is 5.00. The van der Waals surface area contributed by atoms with Crippen LogP contribution in [0.15, 0.2) is 24.3 Å². The van der Waals surface area contributed by atoms with Gasteiger partial charge in [0.1, 0.15) is 17.7 Å². The van der Waals surface area contributed by atoms with E-state index in [1.165, 1.54) is 6.08 Å². The minimum atomic E-state index is 0.201. The topological polar surface area (TPSA) is 71.4 Å². The average Bonchev–Trinajstić information content (AvgIpc) is 2.14. The summed E-state index contributed by atoms with van der Waals surface area (Å²) in [6, 6.07) is 5.20. The molecule has 0 N–H and O–H groups in total. The lowest BCUT2D eigenvalue weighted by molar-refractivity contribution is 1.21. The van der Waals surface area contributed by atoms with Crippen LogP contribution < -0.4 is 0 Å². The van der Waals surface area contributed by atoms with E-state index in [4.69, 9.17) is 15.8 Å². The Kier molecular flexibility index (Phi) is 12.3. The van der Waals surface area contributed by atoms with Crippen molar-refractivity contribution in [1.29, 1.82) is 15.8 Å². The molecule has 0 fully saturated rings. The van der Waals surface area contributed by atoms with Gasteiger partial charge in [0.25, 0.3) is 0 Å². The molecule has 3 heteroatoms. The molecule has 0 heterocycles. The summed E-state index contributed by atoms with van der Waals surface area (Å²) in [5, 5.41) is 23.7. The summed E-state index contributed by atoms with van der Waals surface area (Å²) in [5.41, 5.74) is 0.201. The van der Waals surface area contributed by atoms with Crippen LogP contribution in [-0.2, 0) is 0 Å². The van der Waals surface area contributed by atoms with Gasteiger partial charge in [-0.2, -0.15) is 15.8 Å². The maximum atomic E-state index is 8.12. The summed E-state index contributed by atoms with van der Waals surface area (Å²) < 4.78 is 0. The SMILES string of the molecule is C=CC#N.CCC=C(C#N)C#N. The first kappa shape index (κ1) is 12.6. The van der Waals surface area contributed by atoms with Crippen LogP contribution in [0.4, 0.5) is 0 Å². The Morgan fingerprint density at radius 2 is 1.75 bits per heavy atom. The molecule has 0 aromatic heterocycles. The smallest absolute Gasteiger partial charge is 0.125 e. The summed E-state index contributed by atoms with van der Waals surface area (Å²) >= 11 is 0. The largest absolute Gasteiger partial charge is 0.193 e. The Morgan fingerprint density at radius 3 is 1.83 bits per heavy atom. The van der Waals surface area contributed by atoms with Crippen molar-refractivity contribution < 1.29 is 0 Å². The van der Waals surface area contributed by atoms with Crippen LogP contribution in [0.25, 0.3) is 0 Å². The molecule has 0 saturated carbocycles. The third-order valence-electron chi connectivity index (χ3n) is 0.740. The Balaban J connectivity index is 0. The summed E-state index contributed by atoms with van der Waals surface area (Å²) in [4.78, 5) is 0. The number of rotatable bonds is 1. The van der Waals surface area contributed by atoms with E-state index in [2.05, 4.69) is 6.58 Å². The number of hydrogen-bond acceptors (Lipinski definition) is 3. The molecule has 0 spiro atoms. The highest BCUT2D eigenvalue weighted by Gasteiger charge is 1.84. The van der Waals surface area contributed by atoms with Gasteiger partial charge in [-0.25, -0.2) is 0 Å². The van der Waals surface area contributed by atoms with E-state index in [9.17, 15) is 0 Å². The van der Waals surface area contributed by atoms with Crippen LogP contribution in [-0.4, -0.2) is 0 Å². The van der Waals surface area contributed by atoms with Crippen LogP contribution in [0.1, 0.15) is 13.3 Å². The van der Waals surface area contributed by atoms with E-state index < -0.39 is 0 Å². The van der Waals surface area contributed by atoms with E-state index in [0.717, 1.165) is 6.42 Å². The third kappa shape index (κ3) is 10.8. The molecule has 3 nitrogen and oxygen atoms in total. The van der Waals surface area contributed by atoms with Crippen molar-refractivity contribution in [3.63, 3.8) is 0 Å². The number of allylic oxidation sites excluding steroid dienone is 3. The molecule has 0 rings (SSSR count). The summed E-state index contributed by atoms with van der Waals surface area (Å²) in [7, 11) is 0. The average molecular weight is 159 g/mol. The lowest BCUT2D eigenvalue weighted by Gasteiger charge is -1.74. The van der Waals surface area contributed by atoms with Crippen LogP contribution in [0.2, 0.25) is 0 Å². The predicted molar refractivity (Wildman–Crippen MR) is 45.4 cm³/mol. The van der Waals surface area contributed by atoms with Gasteiger partial charge in [0.05, 0.1) is 6.07 Å². The van der Waals surface area contributed by atoms with Gasteiger partial charge in [-0.05, 0) is 6.42 Å². The second-order valence-electron chi connectivity index (χ2n) is 1.58. The predicted octanol–water partition coefficient (Wildman–Crippen LogP) is 2.07. The zero-order chi connectivity index (χ0) is 9.82. The summed E-state index contributed by atoms with van der Waals surface area (Å²) in [5.74, 6) is 0. The number of hydrogen-bond donors (Lipinski definition) is 0. The van der Waals surface area contributed by atoms with Crippen molar-refractivity contribution in [1.82, 2.24) is 0 Å². The Morgan fingerprint density at radius 1 is 1.33 bits per heavy atom. The fraction of sp³-hybridized carbons (Fsp3) is 0.222. The lowest BCUT2D eigenvalue weighted by atomic mass is 10.3. The van der Waals surface area contributed by atoms with E-state index in [0.29, 0.717) is 0 Å². The third-order valence-corrected chi connectivity index (χ3v) is 0.740. The van der Waals surface area contributed by atoms with Crippen molar-refractivity contribution in [3.05, 3.63) is 24.3 Å². The maximum absolute atomic E-state index is 8.12. The van der Waals surface area contributed by atoms with Crippen molar-refractivity contribution in [3.8, 4) is 18.2 Å². The zero-order valence-corrected chi connectivity index (χ0v) is 6.91. The molecule has 0 aliphatic heterocycles. The van der Waals surface area contributed by atoms with E-state index in [1.807, 2.05) is 6.92 Å². The van der Waals surface area contributed by atoms with Gasteiger partial charge in [-0.15, -0.1) is 0 Å². The molecule has 0 atom stereocenters. The van der Waals surface area contributed by atoms with Crippen LogP contribution in [0, 0.1) is 34.0 Å². The van der Waals surface area contributed by atoms with Crippen LogP contribution in [0.5, 0.6) is 0 Å². The number of nitrogens with zero attached hydrogens (tertiary/aromatic N) is 3. The fourth-order valence-corrected chi connectivity index (χ4v) is 0.320. The van der Waals surface area contributed by atoms with Gasteiger partial charge in [0.15, 0.2) is 0 Å². The molecule has 0 aromatic carbocycles. The van der Waals surface area contributed by atoms with Crippen molar-refractivity contribution in [2.75, 3.05) is 0 Å². The quantitative estimate of drug-likeness (QED) is 0.550. The molecule has 0 saturated heterocycles. The van der Waals surface area contributed by atoms with Crippen molar-refractivity contribution in [2.45, 2.75) is 13.3 Å². The second kappa shape index (κ2) is 11.7. The van der Waals surface area contributed by atoms with Crippen molar-refractivity contribution >= 4 is 0 Å². The van der Waals surface area contributed by atoms with Crippen LogP contribution in [0.3, 0.4) is 0 Å². The van der Waals surface area contributed by atoms with E-state index in [-0.39, 0.29) is 5.57 Å². The first-order valence-corrected chi connectivity index (χ1v) is 3.27. The van der Waals surface area contributed by atoms with E-state index >= 15 is 0 Å².